The molecule has 0 radical (unpaired) electrons. The summed E-state index contributed by atoms with van der Waals surface area (Å²) >= 11 is 0. The number of esters is 1. The Morgan fingerprint density at radius 3 is 2.61 bits per heavy atom. The molecular formula is C12H14N2O4. The molecule has 18 heavy (non-hydrogen) atoms. The van der Waals surface area contributed by atoms with Crippen LogP contribution in [-0.4, -0.2) is 37.0 Å². The Bertz CT molecular complexity index is 495. The van der Waals surface area contributed by atoms with Crippen LogP contribution >= 0.6 is 0 Å². The third kappa shape index (κ3) is 3.31. The summed E-state index contributed by atoms with van der Waals surface area (Å²) in [5, 5.41) is 10.7. The van der Waals surface area contributed by atoms with Crippen molar-refractivity contribution in [2.75, 3.05) is 21.2 Å². The minimum Gasteiger partial charge on any atom is -0.465 e. The van der Waals surface area contributed by atoms with E-state index in [2.05, 4.69) is 4.74 Å². The van der Waals surface area contributed by atoms with Crippen LogP contribution in [0.25, 0.3) is 6.08 Å². The van der Waals surface area contributed by atoms with E-state index in [1.54, 1.807) is 17.2 Å². The lowest BCUT2D eigenvalue weighted by Gasteiger charge is -2.06. The molecule has 0 unspecified atom stereocenters. The van der Waals surface area contributed by atoms with Crippen molar-refractivity contribution in [3.05, 3.63) is 45.6 Å². The van der Waals surface area contributed by atoms with Gasteiger partial charge < -0.3 is 9.64 Å². The lowest BCUT2D eigenvalue weighted by molar-refractivity contribution is -0.384. The minimum atomic E-state index is -0.600. The second-order valence-electron chi connectivity index (χ2n) is 3.80. The van der Waals surface area contributed by atoms with Crippen LogP contribution in [0.2, 0.25) is 0 Å². The normalized spacial score (nSPS) is 10.4. The fourth-order valence-corrected chi connectivity index (χ4v) is 1.32. The highest BCUT2D eigenvalue weighted by molar-refractivity contribution is 5.94. The van der Waals surface area contributed by atoms with Gasteiger partial charge in [0, 0.05) is 26.2 Å². The Morgan fingerprint density at radius 1 is 1.44 bits per heavy atom. The van der Waals surface area contributed by atoms with E-state index < -0.39 is 10.9 Å². The van der Waals surface area contributed by atoms with Gasteiger partial charge in [-0.15, -0.1) is 0 Å². The van der Waals surface area contributed by atoms with E-state index in [1.165, 1.54) is 25.3 Å². The Balaban J connectivity index is 3.25. The quantitative estimate of drug-likeness (QED) is 0.463. The molecule has 0 saturated heterocycles. The second-order valence-corrected chi connectivity index (χ2v) is 3.80. The van der Waals surface area contributed by atoms with Crippen molar-refractivity contribution in [2.24, 2.45) is 0 Å². The van der Waals surface area contributed by atoms with E-state index in [4.69, 9.17) is 0 Å². The van der Waals surface area contributed by atoms with Gasteiger partial charge in [-0.05, 0) is 23.9 Å². The molecule has 0 aromatic heterocycles. The van der Waals surface area contributed by atoms with Gasteiger partial charge in [0.25, 0.3) is 5.69 Å². The number of hydrogen-bond acceptors (Lipinski definition) is 5. The number of nitrogens with zero attached hydrogens (tertiary/aromatic N) is 2. The summed E-state index contributed by atoms with van der Waals surface area (Å²) in [7, 11) is 4.90. The number of nitro groups is 1. The van der Waals surface area contributed by atoms with Gasteiger partial charge in [-0.1, -0.05) is 0 Å². The van der Waals surface area contributed by atoms with Crippen molar-refractivity contribution < 1.29 is 14.5 Å². The zero-order valence-electron chi connectivity index (χ0n) is 10.4. The molecule has 0 atom stereocenters. The van der Waals surface area contributed by atoms with Crippen molar-refractivity contribution in [3.8, 4) is 0 Å². The first-order valence-electron chi connectivity index (χ1n) is 5.17. The zero-order chi connectivity index (χ0) is 13.7. The lowest BCUT2D eigenvalue weighted by atomic mass is 10.1. The molecule has 0 saturated carbocycles. The molecule has 0 bridgehead atoms. The van der Waals surface area contributed by atoms with E-state index in [-0.39, 0.29) is 11.3 Å². The van der Waals surface area contributed by atoms with E-state index in [0.717, 1.165) is 0 Å². The molecule has 0 N–H and O–H groups in total. The third-order valence-electron chi connectivity index (χ3n) is 2.21. The van der Waals surface area contributed by atoms with Crippen molar-refractivity contribution >= 4 is 17.7 Å². The average Bonchev–Trinajstić information content (AvgIpc) is 2.34. The summed E-state index contributed by atoms with van der Waals surface area (Å²) in [6, 6.07) is 4.08. The summed E-state index contributed by atoms with van der Waals surface area (Å²) in [5.41, 5.74) is 0.600. The number of nitro benzene ring substituents is 1. The number of benzene rings is 1. The number of carbonyl (C=O) groups excluding carboxylic acids is 1. The first-order chi connectivity index (χ1) is 8.45. The summed E-state index contributed by atoms with van der Waals surface area (Å²) in [6.07, 6.45) is 3.43. The number of non-ortho nitro benzene ring substituents is 1. The van der Waals surface area contributed by atoms with Gasteiger partial charge in [-0.2, -0.15) is 0 Å². The number of rotatable bonds is 4. The van der Waals surface area contributed by atoms with Crippen molar-refractivity contribution in [2.45, 2.75) is 0 Å². The maximum Gasteiger partial charge on any atom is 0.338 e. The van der Waals surface area contributed by atoms with E-state index in [9.17, 15) is 14.9 Å². The van der Waals surface area contributed by atoms with Gasteiger partial charge >= 0.3 is 5.97 Å². The molecule has 0 aliphatic carbocycles. The molecule has 0 heterocycles. The maximum absolute atomic E-state index is 11.6. The number of carbonyl (C=O) groups is 1. The summed E-state index contributed by atoms with van der Waals surface area (Å²) in [4.78, 5) is 23.5. The van der Waals surface area contributed by atoms with Crippen molar-refractivity contribution in [1.82, 2.24) is 4.90 Å². The lowest BCUT2D eigenvalue weighted by Crippen LogP contribution is -2.05. The first kappa shape index (κ1) is 13.7. The zero-order valence-corrected chi connectivity index (χ0v) is 10.4. The largest absolute Gasteiger partial charge is 0.465 e. The third-order valence-corrected chi connectivity index (χ3v) is 2.21. The van der Waals surface area contributed by atoms with Gasteiger partial charge in [0.2, 0.25) is 0 Å². The highest BCUT2D eigenvalue weighted by Gasteiger charge is 2.15. The molecule has 0 aliphatic heterocycles. The van der Waals surface area contributed by atoms with Crippen LogP contribution < -0.4 is 0 Å². The number of ether oxygens (including phenoxy) is 1. The fourth-order valence-electron chi connectivity index (χ4n) is 1.32. The number of methoxy groups -OCH3 is 1. The molecule has 0 fully saturated rings. The first-order valence-corrected chi connectivity index (χ1v) is 5.17. The standard InChI is InChI=1S/C12H14N2O4/c1-13(2)7-6-9-4-5-10(14(16)17)8-11(9)12(15)18-3/h4-8H,1-3H3/b7-6+. The van der Waals surface area contributed by atoms with E-state index in [0.29, 0.717) is 5.56 Å². The Kier molecular flexibility index (Phi) is 4.42. The molecule has 1 aromatic carbocycles. The van der Waals surface area contributed by atoms with Crippen LogP contribution in [0.5, 0.6) is 0 Å². The molecule has 0 spiro atoms. The molecule has 6 heteroatoms. The second kappa shape index (κ2) is 5.81. The molecule has 1 aromatic rings. The molecule has 1 rings (SSSR count). The van der Waals surface area contributed by atoms with Crippen LogP contribution in [0.3, 0.4) is 0 Å². The maximum atomic E-state index is 11.6. The van der Waals surface area contributed by atoms with Gasteiger partial charge in [-0.25, -0.2) is 4.79 Å². The molecule has 0 aliphatic rings. The van der Waals surface area contributed by atoms with Gasteiger partial charge in [0.15, 0.2) is 0 Å². The number of hydrogen-bond donors (Lipinski definition) is 0. The minimum absolute atomic E-state index is 0.141. The monoisotopic (exact) mass is 250 g/mol. The summed E-state index contributed by atoms with van der Waals surface area (Å²) in [6.45, 7) is 0. The van der Waals surface area contributed by atoms with Gasteiger partial charge in [0.05, 0.1) is 17.6 Å². The average molecular weight is 250 g/mol. The van der Waals surface area contributed by atoms with Crippen LogP contribution in [0.4, 0.5) is 5.69 Å². The molecule has 0 amide bonds. The predicted octanol–water partition coefficient (Wildman–Crippen LogP) is 1.91. The van der Waals surface area contributed by atoms with Crippen LogP contribution in [0.1, 0.15) is 15.9 Å². The van der Waals surface area contributed by atoms with Crippen LogP contribution in [0, 0.1) is 10.1 Å². The predicted molar refractivity (Wildman–Crippen MR) is 67.2 cm³/mol. The Labute approximate surface area is 105 Å². The molecule has 6 nitrogen and oxygen atoms in total. The molecule has 96 valence electrons. The van der Waals surface area contributed by atoms with Gasteiger partial charge in [-0.3, -0.25) is 10.1 Å². The van der Waals surface area contributed by atoms with Crippen molar-refractivity contribution in [1.29, 1.82) is 0 Å². The Morgan fingerprint density at radius 2 is 2.11 bits per heavy atom. The SMILES string of the molecule is COC(=O)c1cc([N+](=O)[O-])ccc1/C=C/N(C)C. The Hall–Kier alpha value is -2.37. The summed E-state index contributed by atoms with van der Waals surface area (Å²) < 4.78 is 4.61. The van der Waals surface area contributed by atoms with Crippen LogP contribution in [0.15, 0.2) is 24.4 Å². The van der Waals surface area contributed by atoms with Crippen molar-refractivity contribution in [3.63, 3.8) is 0 Å². The van der Waals surface area contributed by atoms with E-state index >= 15 is 0 Å². The smallest absolute Gasteiger partial charge is 0.338 e. The molecular weight excluding hydrogens is 236 g/mol. The summed E-state index contributed by atoms with van der Waals surface area (Å²) in [5.74, 6) is -0.600. The van der Waals surface area contributed by atoms with Gasteiger partial charge in [0.1, 0.15) is 0 Å². The topological polar surface area (TPSA) is 72.7 Å². The highest BCUT2D eigenvalue weighted by atomic mass is 16.6. The fraction of sp³-hybridized carbons (Fsp3) is 0.250. The van der Waals surface area contributed by atoms with Crippen LogP contribution in [-0.2, 0) is 4.74 Å². The van der Waals surface area contributed by atoms with E-state index in [1.807, 2.05) is 14.1 Å². The highest BCUT2D eigenvalue weighted by Crippen LogP contribution is 2.20.